The SMILES string of the molecule is CC1CC(C)(c2cccnc2N(C=O)CC(=O)OC(C)(C)C)C1. The first-order valence-electron chi connectivity index (χ1n) is 8.04. The summed E-state index contributed by atoms with van der Waals surface area (Å²) in [4.78, 5) is 29.3. The Labute approximate surface area is 138 Å². The molecule has 1 aliphatic rings. The second-order valence-corrected chi connectivity index (χ2v) is 7.77. The molecule has 0 bridgehead atoms. The second-order valence-electron chi connectivity index (χ2n) is 7.77. The van der Waals surface area contributed by atoms with Crippen LogP contribution in [0.4, 0.5) is 5.82 Å². The Morgan fingerprint density at radius 2 is 2.13 bits per heavy atom. The van der Waals surface area contributed by atoms with E-state index in [1.54, 1.807) is 27.0 Å². The van der Waals surface area contributed by atoms with Crippen molar-refractivity contribution in [2.75, 3.05) is 11.4 Å². The van der Waals surface area contributed by atoms with Gasteiger partial charge in [-0.3, -0.25) is 14.5 Å². The zero-order valence-corrected chi connectivity index (χ0v) is 14.6. The predicted molar refractivity (Wildman–Crippen MR) is 89.2 cm³/mol. The molecule has 0 atom stereocenters. The number of hydrogen-bond acceptors (Lipinski definition) is 4. The Hall–Kier alpha value is -1.91. The van der Waals surface area contributed by atoms with Crippen LogP contribution in [-0.4, -0.2) is 29.5 Å². The van der Waals surface area contributed by atoms with Crippen molar-refractivity contribution >= 4 is 18.2 Å². The third-order valence-electron chi connectivity index (χ3n) is 4.15. The summed E-state index contributed by atoms with van der Waals surface area (Å²) in [6, 6.07) is 3.88. The van der Waals surface area contributed by atoms with Crippen molar-refractivity contribution in [1.29, 1.82) is 0 Å². The number of aromatic nitrogens is 1. The van der Waals surface area contributed by atoms with Gasteiger partial charge in [0.2, 0.25) is 6.41 Å². The van der Waals surface area contributed by atoms with Crippen molar-refractivity contribution in [1.82, 2.24) is 4.98 Å². The molecule has 5 nitrogen and oxygen atoms in total. The van der Waals surface area contributed by atoms with Crippen LogP contribution >= 0.6 is 0 Å². The molecule has 23 heavy (non-hydrogen) atoms. The van der Waals surface area contributed by atoms with Crippen LogP contribution in [0, 0.1) is 5.92 Å². The molecule has 0 saturated heterocycles. The average molecular weight is 318 g/mol. The molecule has 126 valence electrons. The van der Waals surface area contributed by atoms with Crippen LogP contribution in [0.15, 0.2) is 18.3 Å². The number of rotatable bonds is 5. The lowest BCUT2D eigenvalue weighted by Gasteiger charge is -2.45. The Morgan fingerprint density at radius 1 is 1.48 bits per heavy atom. The molecule has 1 aromatic rings. The topological polar surface area (TPSA) is 59.5 Å². The molecule has 0 spiro atoms. The fraction of sp³-hybridized carbons (Fsp3) is 0.611. The number of amides is 1. The number of anilines is 1. The number of pyridine rings is 1. The highest BCUT2D eigenvalue weighted by atomic mass is 16.6. The van der Waals surface area contributed by atoms with Gasteiger partial charge in [0.15, 0.2) is 0 Å². The molecule has 1 saturated carbocycles. The fourth-order valence-electron chi connectivity index (χ4n) is 3.47. The Balaban J connectivity index is 2.22. The van der Waals surface area contributed by atoms with Gasteiger partial charge in [-0.05, 0) is 51.0 Å². The summed E-state index contributed by atoms with van der Waals surface area (Å²) in [5.41, 5.74) is 0.459. The molecular weight excluding hydrogens is 292 g/mol. The third-order valence-corrected chi connectivity index (χ3v) is 4.15. The molecule has 0 aromatic carbocycles. The molecule has 1 aromatic heterocycles. The smallest absolute Gasteiger partial charge is 0.326 e. The first-order chi connectivity index (χ1) is 10.6. The lowest BCUT2D eigenvalue weighted by molar-refractivity contribution is -0.153. The zero-order chi connectivity index (χ0) is 17.3. The van der Waals surface area contributed by atoms with Gasteiger partial charge < -0.3 is 4.74 Å². The largest absolute Gasteiger partial charge is 0.459 e. The lowest BCUT2D eigenvalue weighted by atomic mass is 9.60. The Morgan fingerprint density at radius 3 is 2.65 bits per heavy atom. The monoisotopic (exact) mass is 318 g/mol. The Bertz CT molecular complexity index is 586. The summed E-state index contributed by atoms with van der Waals surface area (Å²) in [7, 11) is 0. The summed E-state index contributed by atoms with van der Waals surface area (Å²) < 4.78 is 5.31. The van der Waals surface area contributed by atoms with E-state index in [-0.39, 0.29) is 12.0 Å². The molecule has 2 rings (SSSR count). The molecule has 1 amide bonds. The van der Waals surface area contributed by atoms with Gasteiger partial charge in [0, 0.05) is 11.8 Å². The van der Waals surface area contributed by atoms with Gasteiger partial charge in [0.1, 0.15) is 18.0 Å². The van der Waals surface area contributed by atoms with Crippen molar-refractivity contribution in [2.45, 2.75) is 58.5 Å². The molecule has 1 heterocycles. The van der Waals surface area contributed by atoms with Gasteiger partial charge in [0.05, 0.1) is 0 Å². The highest BCUT2D eigenvalue weighted by molar-refractivity contribution is 5.86. The maximum absolute atomic E-state index is 12.0. The summed E-state index contributed by atoms with van der Waals surface area (Å²) in [5.74, 6) is 0.791. The van der Waals surface area contributed by atoms with Crippen LogP contribution in [0.3, 0.4) is 0 Å². The second kappa shape index (κ2) is 6.30. The molecule has 0 radical (unpaired) electrons. The van der Waals surface area contributed by atoms with E-state index in [0.717, 1.165) is 18.4 Å². The van der Waals surface area contributed by atoms with Gasteiger partial charge >= 0.3 is 5.97 Å². The number of carbonyl (C=O) groups excluding carboxylic acids is 2. The number of hydrogen-bond donors (Lipinski definition) is 0. The van der Waals surface area contributed by atoms with E-state index in [1.165, 1.54) is 4.90 Å². The van der Waals surface area contributed by atoms with Crippen LogP contribution in [-0.2, 0) is 19.7 Å². The van der Waals surface area contributed by atoms with E-state index in [1.807, 2.05) is 12.1 Å². The minimum atomic E-state index is -0.575. The highest BCUT2D eigenvalue weighted by Crippen LogP contribution is 2.49. The number of carbonyl (C=O) groups is 2. The highest BCUT2D eigenvalue weighted by Gasteiger charge is 2.41. The minimum Gasteiger partial charge on any atom is -0.459 e. The van der Waals surface area contributed by atoms with E-state index in [9.17, 15) is 9.59 Å². The molecule has 0 aliphatic heterocycles. The quantitative estimate of drug-likeness (QED) is 0.618. The van der Waals surface area contributed by atoms with Crippen LogP contribution in [0.25, 0.3) is 0 Å². The normalized spacial score (nSPS) is 23.8. The van der Waals surface area contributed by atoms with E-state index in [2.05, 4.69) is 18.8 Å². The van der Waals surface area contributed by atoms with E-state index >= 15 is 0 Å². The fourth-order valence-corrected chi connectivity index (χ4v) is 3.47. The first-order valence-corrected chi connectivity index (χ1v) is 8.04. The van der Waals surface area contributed by atoms with E-state index in [4.69, 9.17) is 4.74 Å². The van der Waals surface area contributed by atoms with E-state index in [0.29, 0.717) is 18.1 Å². The van der Waals surface area contributed by atoms with Crippen molar-refractivity contribution in [3.8, 4) is 0 Å². The van der Waals surface area contributed by atoms with E-state index < -0.39 is 11.6 Å². The van der Waals surface area contributed by atoms with Crippen molar-refractivity contribution in [2.24, 2.45) is 5.92 Å². The van der Waals surface area contributed by atoms with Gasteiger partial charge in [0.25, 0.3) is 0 Å². The minimum absolute atomic E-state index is 0.0121. The van der Waals surface area contributed by atoms with Crippen LogP contribution < -0.4 is 4.90 Å². The Kier molecular flexibility index (Phi) is 4.78. The molecular formula is C18H26N2O3. The van der Waals surface area contributed by atoms with Crippen molar-refractivity contribution < 1.29 is 14.3 Å². The maximum atomic E-state index is 12.0. The van der Waals surface area contributed by atoms with Gasteiger partial charge in [-0.2, -0.15) is 0 Å². The molecule has 1 fully saturated rings. The summed E-state index contributed by atoms with van der Waals surface area (Å²) in [6.45, 7) is 9.69. The molecule has 5 heteroatoms. The standard InChI is InChI=1S/C18H26N2O3/c1-13-9-18(5,10-13)14-7-6-8-19-16(14)20(12-21)11-15(22)23-17(2,3)4/h6-8,12-13H,9-11H2,1-5H3. The van der Waals surface area contributed by atoms with Gasteiger partial charge in [-0.1, -0.05) is 19.9 Å². The molecule has 0 N–H and O–H groups in total. The van der Waals surface area contributed by atoms with Crippen LogP contribution in [0.2, 0.25) is 0 Å². The summed E-state index contributed by atoms with van der Waals surface area (Å²) in [6.07, 6.45) is 4.42. The maximum Gasteiger partial charge on any atom is 0.326 e. The predicted octanol–water partition coefficient (Wildman–Crippen LogP) is 3.07. The average Bonchev–Trinajstić information content (AvgIpc) is 2.41. The van der Waals surface area contributed by atoms with Crippen LogP contribution in [0.1, 0.15) is 53.0 Å². The summed E-state index contributed by atoms with van der Waals surface area (Å²) in [5, 5.41) is 0. The van der Waals surface area contributed by atoms with Gasteiger partial charge in [-0.25, -0.2) is 4.98 Å². The number of ether oxygens (including phenoxy) is 1. The van der Waals surface area contributed by atoms with Crippen LogP contribution in [0.5, 0.6) is 0 Å². The van der Waals surface area contributed by atoms with Crippen molar-refractivity contribution in [3.05, 3.63) is 23.9 Å². The molecule has 0 unspecified atom stereocenters. The molecule has 1 aliphatic carbocycles. The third kappa shape index (κ3) is 4.09. The summed E-state index contributed by atoms with van der Waals surface area (Å²) >= 11 is 0. The van der Waals surface area contributed by atoms with Crippen molar-refractivity contribution in [3.63, 3.8) is 0 Å². The lowest BCUT2D eigenvalue weighted by Crippen LogP contribution is -2.40. The van der Waals surface area contributed by atoms with Gasteiger partial charge in [-0.15, -0.1) is 0 Å². The number of esters is 1. The first kappa shape index (κ1) is 17.4. The zero-order valence-electron chi connectivity index (χ0n) is 14.6. The number of nitrogens with zero attached hydrogens (tertiary/aromatic N) is 2.